The van der Waals surface area contributed by atoms with Crippen LogP contribution in [0.3, 0.4) is 0 Å². The number of benzene rings is 2. The average Bonchev–Trinajstić information content (AvgIpc) is 3.77. The lowest BCUT2D eigenvalue weighted by atomic mass is 10.0. The summed E-state index contributed by atoms with van der Waals surface area (Å²) in [5, 5.41) is 13.8. The maximum Gasteiger partial charge on any atom is 0.261 e. The Bertz CT molecular complexity index is 1200. The zero-order valence-corrected chi connectivity index (χ0v) is 35.2. The Morgan fingerprint density at radius 3 is 1.66 bits per heavy atom. The maximum atomic E-state index is 11.1. The average molecular weight is 725 g/mol. The largest absolute Gasteiger partial charge is 0.414 e. The van der Waals surface area contributed by atoms with Crippen molar-refractivity contribution in [3.8, 4) is 0 Å². The molecule has 50 heavy (non-hydrogen) atoms. The molecule has 5 nitrogen and oxygen atoms in total. The van der Waals surface area contributed by atoms with E-state index >= 15 is 0 Å². The fourth-order valence-corrected chi connectivity index (χ4v) is 13.6. The van der Waals surface area contributed by atoms with Gasteiger partial charge in [0.25, 0.3) is 8.32 Å². The molecule has 2 aromatic rings. The molecule has 2 aliphatic heterocycles. The standard InChI is InChI=1S/C43H72O5Si2/c1-10-11-12-13-14-15-16-23-28-41(48-50(43(5,6)7,34-24-19-17-20-25-34)35-26-21-18-22-27-35)40-32-31-39(47-40)38-30-29-37(46-38)36(44)33-45-49(8,9)42(2,3)4/h17-22,24-27,36-41,44H,10-16,23,28-33H2,1-9H3/t36-,37+,38+,39-,40+,41+/m0/s1. The fraction of sp³-hybridized carbons (Fsp3) is 0.721. The Hall–Kier alpha value is -1.33. The van der Waals surface area contributed by atoms with Crippen LogP contribution >= 0.6 is 0 Å². The Morgan fingerprint density at radius 1 is 0.680 bits per heavy atom. The van der Waals surface area contributed by atoms with Gasteiger partial charge in [-0.2, -0.15) is 0 Å². The zero-order chi connectivity index (χ0) is 36.4. The molecule has 2 heterocycles. The van der Waals surface area contributed by atoms with E-state index in [9.17, 15) is 5.11 Å². The molecular formula is C43H72O5Si2. The Labute approximate surface area is 308 Å². The van der Waals surface area contributed by atoms with Crippen LogP contribution in [-0.2, 0) is 18.3 Å². The van der Waals surface area contributed by atoms with E-state index in [1.54, 1.807) is 0 Å². The van der Waals surface area contributed by atoms with E-state index in [1.165, 1.54) is 55.3 Å². The number of hydrogen-bond acceptors (Lipinski definition) is 5. The molecule has 2 aliphatic rings. The first-order valence-corrected chi connectivity index (χ1v) is 24.9. The molecule has 0 aromatic heterocycles. The van der Waals surface area contributed by atoms with Crippen LogP contribution in [0.25, 0.3) is 0 Å². The molecule has 7 heteroatoms. The molecule has 0 aliphatic carbocycles. The normalized spacial score (nSPS) is 23.3. The third-order valence-electron chi connectivity index (χ3n) is 11.9. The van der Waals surface area contributed by atoms with Gasteiger partial charge in [0.15, 0.2) is 8.32 Å². The lowest BCUT2D eigenvalue weighted by Crippen LogP contribution is -2.68. The van der Waals surface area contributed by atoms with Gasteiger partial charge in [0.1, 0.15) is 6.10 Å². The van der Waals surface area contributed by atoms with Gasteiger partial charge in [-0.1, -0.05) is 160 Å². The van der Waals surface area contributed by atoms with Crippen LogP contribution in [0.2, 0.25) is 23.2 Å². The van der Waals surface area contributed by atoms with Crippen LogP contribution < -0.4 is 10.4 Å². The first kappa shape index (κ1) is 41.4. The van der Waals surface area contributed by atoms with Crippen LogP contribution in [0.1, 0.15) is 132 Å². The number of hydrogen-bond donors (Lipinski definition) is 1. The summed E-state index contributed by atoms with van der Waals surface area (Å²) in [4.78, 5) is 0. The van der Waals surface area contributed by atoms with E-state index in [1.807, 2.05) is 0 Å². The summed E-state index contributed by atoms with van der Waals surface area (Å²) in [6.45, 7) is 20.9. The highest BCUT2D eigenvalue weighted by Crippen LogP contribution is 2.41. The molecule has 4 rings (SSSR count). The SMILES string of the molecule is CCCCCCCCCC[C@@H](O[Si](c1ccccc1)(c1ccccc1)C(C)(C)C)[C@H]1CC[C@@H]([C@H]2CC[C@H]([C@@H](O)CO[Si](C)(C)C(C)(C)C)O2)O1. The molecule has 2 fully saturated rings. The van der Waals surface area contributed by atoms with Gasteiger partial charge in [-0.3, -0.25) is 0 Å². The summed E-state index contributed by atoms with van der Waals surface area (Å²) in [6, 6.07) is 22.1. The molecule has 1 N–H and O–H groups in total. The second kappa shape index (κ2) is 18.6. The van der Waals surface area contributed by atoms with Crippen LogP contribution in [0, 0.1) is 0 Å². The van der Waals surface area contributed by atoms with Gasteiger partial charge in [0.2, 0.25) is 0 Å². The fourth-order valence-electron chi connectivity index (χ4n) is 7.82. The lowest BCUT2D eigenvalue weighted by Gasteiger charge is -2.46. The van der Waals surface area contributed by atoms with Gasteiger partial charge in [-0.05, 0) is 65.6 Å². The Kier molecular flexibility index (Phi) is 15.4. The van der Waals surface area contributed by atoms with Gasteiger partial charge in [0, 0.05) is 0 Å². The van der Waals surface area contributed by atoms with E-state index in [2.05, 4.69) is 122 Å². The van der Waals surface area contributed by atoms with E-state index < -0.39 is 22.7 Å². The number of aliphatic hydroxyl groups excluding tert-OH is 1. The van der Waals surface area contributed by atoms with Gasteiger partial charge in [0.05, 0.1) is 37.1 Å². The maximum absolute atomic E-state index is 11.1. The quantitative estimate of drug-likeness (QED) is 0.116. The molecule has 2 aromatic carbocycles. The molecular weight excluding hydrogens is 653 g/mol. The molecule has 0 spiro atoms. The molecule has 0 amide bonds. The molecule has 6 atom stereocenters. The van der Waals surface area contributed by atoms with Crippen molar-refractivity contribution in [2.24, 2.45) is 0 Å². The van der Waals surface area contributed by atoms with Crippen molar-refractivity contribution in [1.29, 1.82) is 0 Å². The van der Waals surface area contributed by atoms with Crippen molar-refractivity contribution in [2.75, 3.05) is 6.61 Å². The zero-order valence-electron chi connectivity index (χ0n) is 33.2. The number of aliphatic hydroxyl groups is 1. The highest BCUT2D eigenvalue weighted by molar-refractivity contribution is 6.99. The molecule has 0 unspecified atom stereocenters. The second-order valence-electron chi connectivity index (χ2n) is 17.8. The Morgan fingerprint density at radius 2 is 1.16 bits per heavy atom. The third-order valence-corrected chi connectivity index (χ3v) is 21.5. The van der Waals surface area contributed by atoms with Crippen molar-refractivity contribution < 1.29 is 23.4 Å². The van der Waals surface area contributed by atoms with Crippen molar-refractivity contribution in [3.63, 3.8) is 0 Å². The molecule has 0 radical (unpaired) electrons. The highest BCUT2D eigenvalue weighted by atomic mass is 28.4. The second-order valence-corrected chi connectivity index (χ2v) is 26.9. The van der Waals surface area contributed by atoms with Gasteiger partial charge < -0.3 is 23.4 Å². The van der Waals surface area contributed by atoms with E-state index in [0.717, 1.165) is 38.5 Å². The number of rotatable bonds is 19. The lowest BCUT2D eigenvalue weighted by molar-refractivity contribution is -0.112. The Balaban J connectivity index is 1.49. The van der Waals surface area contributed by atoms with E-state index in [4.69, 9.17) is 18.3 Å². The summed E-state index contributed by atoms with van der Waals surface area (Å²) in [7, 11) is -4.68. The van der Waals surface area contributed by atoms with Crippen LogP contribution in [-0.4, -0.2) is 65.0 Å². The molecule has 0 saturated carbocycles. The minimum absolute atomic E-state index is 0.00385. The predicted octanol–water partition coefficient (Wildman–Crippen LogP) is 9.94. The minimum Gasteiger partial charge on any atom is -0.414 e. The first-order valence-electron chi connectivity index (χ1n) is 20.1. The highest BCUT2D eigenvalue weighted by Gasteiger charge is 2.53. The predicted molar refractivity (Wildman–Crippen MR) is 215 cm³/mol. The van der Waals surface area contributed by atoms with Crippen molar-refractivity contribution in [1.82, 2.24) is 0 Å². The number of unbranched alkanes of at least 4 members (excludes halogenated alkanes) is 7. The number of ether oxygens (including phenoxy) is 2. The van der Waals surface area contributed by atoms with E-state index in [-0.39, 0.29) is 40.6 Å². The van der Waals surface area contributed by atoms with E-state index in [0.29, 0.717) is 6.61 Å². The summed E-state index contributed by atoms with van der Waals surface area (Å²) >= 11 is 0. The first-order chi connectivity index (χ1) is 23.7. The monoisotopic (exact) mass is 724 g/mol. The molecule has 2 saturated heterocycles. The topological polar surface area (TPSA) is 57.2 Å². The van der Waals surface area contributed by atoms with Gasteiger partial charge >= 0.3 is 0 Å². The van der Waals surface area contributed by atoms with Crippen LogP contribution in [0.4, 0.5) is 0 Å². The van der Waals surface area contributed by atoms with Crippen molar-refractivity contribution >= 4 is 27.0 Å². The van der Waals surface area contributed by atoms with Gasteiger partial charge in [-0.25, -0.2) is 0 Å². The summed E-state index contributed by atoms with van der Waals surface area (Å²) in [5.41, 5.74) is 0. The molecule has 282 valence electrons. The minimum atomic E-state index is -2.74. The molecule has 0 bridgehead atoms. The van der Waals surface area contributed by atoms with Crippen LogP contribution in [0.5, 0.6) is 0 Å². The summed E-state index contributed by atoms with van der Waals surface area (Å²) in [6.07, 6.45) is 14.3. The smallest absolute Gasteiger partial charge is 0.261 e. The summed E-state index contributed by atoms with van der Waals surface area (Å²) in [5.74, 6) is 0. The van der Waals surface area contributed by atoms with Crippen molar-refractivity contribution in [3.05, 3.63) is 60.7 Å². The summed E-state index contributed by atoms with van der Waals surface area (Å²) < 4.78 is 27.7. The van der Waals surface area contributed by atoms with Crippen molar-refractivity contribution in [2.45, 2.75) is 192 Å². The van der Waals surface area contributed by atoms with Gasteiger partial charge in [-0.15, -0.1) is 0 Å². The third kappa shape index (κ3) is 10.6. The van der Waals surface area contributed by atoms with Crippen LogP contribution in [0.15, 0.2) is 60.7 Å².